The van der Waals surface area contributed by atoms with Crippen molar-refractivity contribution in [3.63, 3.8) is 0 Å². The van der Waals surface area contributed by atoms with Gasteiger partial charge in [0.05, 0.1) is 17.5 Å². The number of benzene rings is 1. The van der Waals surface area contributed by atoms with Gasteiger partial charge in [0.25, 0.3) is 0 Å². The summed E-state index contributed by atoms with van der Waals surface area (Å²) in [4.78, 5) is 24.1. The maximum absolute atomic E-state index is 12.9. The van der Waals surface area contributed by atoms with Gasteiger partial charge < -0.3 is 14.8 Å². The number of carbonyl (C=O) groups excluding carboxylic acids is 2. The number of hydrogen-bond acceptors (Lipinski definition) is 4. The summed E-state index contributed by atoms with van der Waals surface area (Å²) in [5.41, 5.74) is -2.19. The second kappa shape index (κ2) is 5.89. The molecule has 1 aliphatic carbocycles. The molecule has 3 rings (SSSR count). The van der Waals surface area contributed by atoms with E-state index in [2.05, 4.69) is 5.32 Å². The Morgan fingerprint density at radius 3 is 2.50 bits per heavy atom. The number of alkyl halides is 3. The van der Waals surface area contributed by atoms with E-state index < -0.39 is 29.0 Å². The van der Waals surface area contributed by atoms with Crippen molar-refractivity contribution in [3.8, 4) is 5.75 Å². The van der Waals surface area contributed by atoms with Gasteiger partial charge in [-0.3, -0.25) is 4.79 Å². The molecule has 1 aromatic rings. The van der Waals surface area contributed by atoms with E-state index in [0.29, 0.717) is 12.8 Å². The van der Waals surface area contributed by atoms with Crippen LogP contribution in [0.1, 0.15) is 56.0 Å². The minimum Gasteiger partial charge on any atom is -0.486 e. The van der Waals surface area contributed by atoms with Crippen molar-refractivity contribution in [3.05, 3.63) is 29.3 Å². The number of carbonyl (C=O) groups is 2. The van der Waals surface area contributed by atoms with Crippen LogP contribution >= 0.6 is 0 Å². The van der Waals surface area contributed by atoms with Crippen molar-refractivity contribution in [2.24, 2.45) is 0 Å². The molecular formula is C18H20F3NO4. The molecule has 0 saturated heterocycles. The number of rotatable bonds is 1. The van der Waals surface area contributed by atoms with E-state index in [4.69, 9.17) is 9.47 Å². The fourth-order valence-corrected chi connectivity index (χ4v) is 3.31. The molecule has 1 heterocycles. The summed E-state index contributed by atoms with van der Waals surface area (Å²) in [6.07, 6.45) is -4.31. The Balaban J connectivity index is 1.68. The van der Waals surface area contributed by atoms with Gasteiger partial charge in [-0.05, 0) is 39.0 Å². The SMILES string of the molecule is CC(C)(C)OC(=O)NC1CC2(CC(=O)c3ccc(C(F)(F)F)cc3O2)C1. The normalized spacial score (nSPS) is 25.2. The second-order valence-electron chi connectivity index (χ2n) is 7.85. The highest BCUT2D eigenvalue weighted by molar-refractivity contribution is 6.00. The van der Waals surface area contributed by atoms with Crippen LogP contribution in [0.15, 0.2) is 18.2 Å². The summed E-state index contributed by atoms with van der Waals surface area (Å²) >= 11 is 0. The van der Waals surface area contributed by atoms with Gasteiger partial charge in [-0.15, -0.1) is 0 Å². The van der Waals surface area contributed by atoms with E-state index in [1.165, 1.54) is 0 Å². The molecule has 1 fully saturated rings. The first-order valence-electron chi connectivity index (χ1n) is 8.30. The van der Waals surface area contributed by atoms with Gasteiger partial charge in [0.15, 0.2) is 5.78 Å². The average Bonchev–Trinajstić information content (AvgIpc) is 2.42. The van der Waals surface area contributed by atoms with Crippen molar-refractivity contribution in [2.45, 2.75) is 63.5 Å². The van der Waals surface area contributed by atoms with Gasteiger partial charge in [-0.25, -0.2) is 4.79 Å². The van der Waals surface area contributed by atoms with Crippen LogP contribution in [0.4, 0.5) is 18.0 Å². The number of amides is 1. The second-order valence-corrected chi connectivity index (χ2v) is 7.85. The highest BCUT2D eigenvalue weighted by Gasteiger charge is 2.51. The lowest BCUT2D eigenvalue weighted by Gasteiger charge is -2.49. The number of ether oxygens (including phenoxy) is 2. The zero-order valence-electron chi connectivity index (χ0n) is 14.7. The monoisotopic (exact) mass is 371 g/mol. The lowest BCUT2D eigenvalue weighted by atomic mass is 9.70. The molecule has 2 aliphatic rings. The molecule has 5 nitrogen and oxygen atoms in total. The summed E-state index contributed by atoms with van der Waals surface area (Å²) in [7, 11) is 0. The Morgan fingerprint density at radius 1 is 1.27 bits per heavy atom. The summed E-state index contributed by atoms with van der Waals surface area (Å²) in [6.45, 7) is 5.23. The maximum Gasteiger partial charge on any atom is 0.416 e. The molecule has 0 bridgehead atoms. The Kier molecular flexibility index (Phi) is 4.20. The summed E-state index contributed by atoms with van der Waals surface area (Å²) in [5, 5.41) is 2.69. The van der Waals surface area contributed by atoms with E-state index in [1.807, 2.05) is 0 Å². The number of hydrogen-bond donors (Lipinski definition) is 1. The minimum atomic E-state index is -4.51. The Hall–Kier alpha value is -2.25. The summed E-state index contributed by atoms with van der Waals surface area (Å²) in [5.74, 6) is -0.303. The van der Waals surface area contributed by atoms with Gasteiger partial charge in [0, 0.05) is 18.9 Å². The van der Waals surface area contributed by atoms with E-state index in [-0.39, 0.29) is 29.6 Å². The van der Waals surface area contributed by atoms with Gasteiger partial charge >= 0.3 is 12.3 Å². The fraction of sp³-hybridized carbons (Fsp3) is 0.556. The number of fused-ring (bicyclic) bond motifs is 1. The predicted octanol–water partition coefficient (Wildman–Crippen LogP) is 4.10. The lowest BCUT2D eigenvalue weighted by molar-refractivity contribution is -0.138. The molecule has 1 aromatic carbocycles. The van der Waals surface area contributed by atoms with Crippen LogP contribution in [-0.2, 0) is 10.9 Å². The Labute approximate surface area is 148 Å². The van der Waals surface area contributed by atoms with Crippen molar-refractivity contribution in [1.29, 1.82) is 0 Å². The summed E-state index contributed by atoms with van der Waals surface area (Å²) in [6, 6.07) is 2.65. The van der Waals surface area contributed by atoms with Crippen molar-refractivity contribution in [2.75, 3.05) is 0 Å². The van der Waals surface area contributed by atoms with E-state index in [9.17, 15) is 22.8 Å². The first kappa shape index (κ1) is 18.5. The van der Waals surface area contributed by atoms with Gasteiger partial charge in [-0.2, -0.15) is 13.2 Å². The van der Waals surface area contributed by atoms with Gasteiger partial charge in [-0.1, -0.05) is 0 Å². The molecule has 142 valence electrons. The molecular weight excluding hydrogens is 351 g/mol. The molecule has 1 amide bonds. The molecule has 26 heavy (non-hydrogen) atoms. The molecule has 0 atom stereocenters. The van der Waals surface area contributed by atoms with Crippen LogP contribution in [0.3, 0.4) is 0 Å². The first-order chi connectivity index (χ1) is 11.9. The van der Waals surface area contributed by atoms with Crippen molar-refractivity contribution < 1.29 is 32.2 Å². The van der Waals surface area contributed by atoms with Crippen molar-refractivity contribution >= 4 is 11.9 Å². The first-order valence-corrected chi connectivity index (χ1v) is 8.30. The number of Topliss-reactive ketones (excluding diaryl/α,β-unsaturated/α-hetero) is 1. The maximum atomic E-state index is 12.9. The number of ketones is 1. The fourth-order valence-electron chi connectivity index (χ4n) is 3.31. The quantitative estimate of drug-likeness (QED) is 0.807. The third-order valence-corrected chi connectivity index (χ3v) is 4.38. The molecule has 0 unspecified atom stereocenters. The van der Waals surface area contributed by atoms with Crippen LogP contribution in [-0.4, -0.2) is 29.1 Å². The largest absolute Gasteiger partial charge is 0.486 e. The van der Waals surface area contributed by atoms with E-state index in [1.54, 1.807) is 20.8 Å². The van der Waals surface area contributed by atoms with Crippen LogP contribution < -0.4 is 10.1 Å². The third-order valence-electron chi connectivity index (χ3n) is 4.38. The van der Waals surface area contributed by atoms with Gasteiger partial charge in [0.1, 0.15) is 17.0 Å². The predicted molar refractivity (Wildman–Crippen MR) is 86.1 cm³/mol. The van der Waals surface area contributed by atoms with Crippen LogP contribution in [0.25, 0.3) is 0 Å². The Morgan fingerprint density at radius 2 is 1.92 bits per heavy atom. The zero-order chi connectivity index (χ0) is 19.3. The molecule has 1 N–H and O–H groups in total. The zero-order valence-corrected chi connectivity index (χ0v) is 14.7. The van der Waals surface area contributed by atoms with E-state index >= 15 is 0 Å². The van der Waals surface area contributed by atoms with Crippen LogP contribution in [0.2, 0.25) is 0 Å². The van der Waals surface area contributed by atoms with Gasteiger partial charge in [0.2, 0.25) is 0 Å². The molecule has 1 spiro atoms. The highest BCUT2D eigenvalue weighted by atomic mass is 19.4. The topological polar surface area (TPSA) is 64.6 Å². The molecule has 0 aromatic heterocycles. The molecule has 1 saturated carbocycles. The third kappa shape index (κ3) is 3.78. The van der Waals surface area contributed by atoms with E-state index in [0.717, 1.165) is 18.2 Å². The van der Waals surface area contributed by atoms with Crippen LogP contribution in [0, 0.1) is 0 Å². The number of alkyl carbamates (subject to hydrolysis) is 1. The molecule has 0 radical (unpaired) electrons. The molecule has 8 heteroatoms. The van der Waals surface area contributed by atoms with Crippen LogP contribution in [0.5, 0.6) is 5.75 Å². The Bertz CT molecular complexity index is 746. The smallest absolute Gasteiger partial charge is 0.416 e. The minimum absolute atomic E-state index is 0.0493. The highest BCUT2D eigenvalue weighted by Crippen LogP contribution is 2.46. The van der Waals surface area contributed by atoms with Crippen molar-refractivity contribution in [1.82, 2.24) is 5.32 Å². The number of halogens is 3. The standard InChI is InChI=1S/C18H20F3NO4/c1-16(2,3)26-15(24)22-11-7-17(8-11)9-13(23)12-5-4-10(18(19,20)21)6-14(12)25-17/h4-6,11H,7-9H2,1-3H3,(H,22,24). The number of nitrogens with one attached hydrogen (secondary N) is 1. The summed E-state index contributed by atoms with van der Waals surface area (Å²) < 4.78 is 49.6. The lowest BCUT2D eigenvalue weighted by Crippen LogP contribution is -2.60. The average molecular weight is 371 g/mol. The molecule has 1 aliphatic heterocycles.